The minimum Gasteiger partial charge on any atom is -0.497 e. The average Bonchev–Trinajstić information content (AvgIpc) is 2.61. The molecule has 5 nitrogen and oxygen atoms in total. The van der Waals surface area contributed by atoms with Gasteiger partial charge < -0.3 is 19.1 Å². The van der Waals surface area contributed by atoms with E-state index < -0.39 is 13.4 Å². The molecular weight excluding hydrogens is 405 g/mol. The highest BCUT2D eigenvalue weighted by Crippen LogP contribution is 2.60. The molecule has 7 heteroatoms. The Labute approximate surface area is 157 Å². The smallest absolute Gasteiger partial charge is 0.357 e. The SMILES string of the molecule is CCOP(=O)(OCC)C(Nc1ccc(OC)cc1)c1ccc(Br)cc1. The highest BCUT2D eigenvalue weighted by Gasteiger charge is 2.37. The van der Waals surface area contributed by atoms with E-state index in [9.17, 15) is 4.57 Å². The lowest BCUT2D eigenvalue weighted by Gasteiger charge is -2.28. The van der Waals surface area contributed by atoms with Gasteiger partial charge in [-0.3, -0.25) is 4.57 Å². The van der Waals surface area contributed by atoms with Crippen LogP contribution < -0.4 is 10.1 Å². The van der Waals surface area contributed by atoms with E-state index in [0.717, 1.165) is 21.5 Å². The summed E-state index contributed by atoms with van der Waals surface area (Å²) in [7, 11) is -1.79. The van der Waals surface area contributed by atoms with Crippen LogP contribution in [0.4, 0.5) is 5.69 Å². The third kappa shape index (κ3) is 5.32. The number of rotatable bonds is 9. The van der Waals surface area contributed by atoms with E-state index in [1.165, 1.54) is 0 Å². The number of nitrogens with one attached hydrogen (secondary N) is 1. The van der Waals surface area contributed by atoms with Gasteiger partial charge in [-0.1, -0.05) is 28.1 Å². The molecule has 0 aliphatic heterocycles. The van der Waals surface area contributed by atoms with Crippen molar-refractivity contribution >= 4 is 29.2 Å². The molecule has 0 heterocycles. The van der Waals surface area contributed by atoms with Crippen molar-refractivity contribution in [2.24, 2.45) is 0 Å². The number of hydrogen-bond donors (Lipinski definition) is 1. The third-order valence-electron chi connectivity index (χ3n) is 3.51. The molecule has 0 bridgehead atoms. The Morgan fingerprint density at radius 3 is 2.04 bits per heavy atom. The molecule has 1 N–H and O–H groups in total. The molecule has 0 saturated carbocycles. The number of benzene rings is 2. The largest absolute Gasteiger partial charge is 0.497 e. The Balaban J connectivity index is 2.39. The van der Waals surface area contributed by atoms with E-state index in [1.54, 1.807) is 21.0 Å². The normalized spacial score (nSPS) is 12.6. The summed E-state index contributed by atoms with van der Waals surface area (Å²) in [5, 5.41) is 3.29. The van der Waals surface area contributed by atoms with Gasteiger partial charge in [-0.25, -0.2) is 0 Å². The highest BCUT2D eigenvalue weighted by molar-refractivity contribution is 9.10. The van der Waals surface area contributed by atoms with Crippen LogP contribution in [0.3, 0.4) is 0 Å². The molecule has 0 saturated heterocycles. The maximum Gasteiger partial charge on any atom is 0.357 e. The van der Waals surface area contributed by atoms with E-state index in [-0.39, 0.29) is 0 Å². The van der Waals surface area contributed by atoms with Crippen LogP contribution in [0.25, 0.3) is 0 Å². The second-order valence-electron chi connectivity index (χ2n) is 5.20. The summed E-state index contributed by atoms with van der Waals surface area (Å²) in [6.07, 6.45) is 0. The summed E-state index contributed by atoms with van der Waals surface area (Å²) >= 11 is 3.42. The van der Waals surface area contributed by atoms with Gasteiger partial charge in [-0.2, -0.15) is 0 Å². The van der Waals surface area contributed by atoms with Gasteiger partial charge in [0.1, 0.15) is 5.75 Å². The van der Waals surface area contributed by atoms with Crippen molar-refractivity contribution in [3.63, 3.8) is 0 Å². The summed E-state index contributed by atoms with van der Waals surface area (Å²) in [6, 6.07) is 15.0. The molecule has 0 radical (unpaired) electrons. The van der Waals surface area contributed by atoms with Crippen molar-refractivity contribution in [1.82, 2.24) is 0 Å². The molecule has 0 amide bonds. The van der Waals surface area contributed by atoms with Crippen molar-refractivity contribution in [2.45, 2.75) is 19.6 Å². The van der Waals surface area contributed by atoms with Crippen LogP contribution in [0.1, 0.15) is 25.2 Å². The minimum absolute atomic E-state index is 0.300. The van der Waals surface area contributed by atoms with Crippen LogP contribution in [0.2, 0.25) is 0 Å². The first-order chi connectivity index (χ1) is 12.0. The van der Waals surface area contributed by atoms with E-state index >= 15 is 0 Å². The van der Waals surface area contributed by atoms with Gasteiger partial charge in [0.15, 0.2) is 5.78 Å². The Morgan fingerprint density at radius 2 is 1.56 bits per heavy atom. The van der Waals surface area contributed by atoms with Crippen LogP contribution in [0.5, 0.6) is 5.75 Å². The Morgan fingerprint density at radius 1 is 1.00 bits per heavy atom. The van der Waals surface area contributed by atoms with E-state index in [4.69, 9.17) is 13.8 Å². The fraction of sp³-hybridized carbons (Fsp3) is 0.333. The summed E-state index contributed by atoms with van der Waals surface area (Å²) in [5.74, 6) is 0.137. The van der Waals surface area contributed by atoms with Gasteiger partial charge in [0.05, 0.1) is 20.3 Å². The van der Waals surface area contributed by atoms with Crippen LogP contribution in [-0.2, 0) is 13.6 Å². The molecule has 1 atom stereocenters. The highest BCUT2D eigenvalue weighted by atomic mass is 79.9. The predicted octanol–water partition coefficient (Wildman–Crippen LogP) is 5.83. The van der Waals surface area contributed by atoms with E-state index in [1.807, 2.05) is 48.5 Å². The molecule has 1 unspecified atom stereocenters. The first kappa shape index (κ1) is 20.0. The average molecular weight is 428 g/mol. The van der Waals surface area contributed by atoms with E-state index in [2.05, 4.69) is 21.2 Å². The third-order valence-corrected chi connectivity index (χ3v) is 6.34. The summed E-state index contributed by atoms with van der Waals surface area (Å²) in [4.78, 5) is 0. The lowest BCUT2D eigenvalue weighted by molar-refractivity contribution is 0.214. The molecule has 0 spiro atoms. The quantitative estimate of drug-likeness (QED) is 0.509. The number of hydrogen-bond acceptors (Lipinski definition) is 5. The molecule has 0 aliphatic rings. The summed E-state index contributed by atoms with van der Waals surface area (Å²) in [5.41, 5.74) is 1.62. The second-order valence-corrected chi connectivity index (χ2v) is 8.23. The van der Waals surface area contributed by atoms with Crippen molar-refractivity contribution in [1.29, 1.82) is 0 Å². The second kappa shape index (κ2) is 9.39. The lowest BCUT2D eigenvalue weighted by atomic mass is 10.2. The molecule has 0 fully saturated rings. The molecule has 2 aromatic carbocycles. The summed E-state index contributed by atoms with van der Waals surface area (Å²) < 4.78 is 30.6. The van der Waals surface area contributed by atoms with Crippen molar-refractivity contribution in [2.75, 3.05) is 25.6 Å². The topological polar surface area (TPSA) is 56.8 Å². The number of methoxy groups -OCH3 is 1. The fourth-order valence-electron chi connectivity index (χ4n) is 2.38. The first-order valence-electron chi connectivity index (χ1n) is 8.07. The molecular formula is C18H23BrNO4P. The zero-order chi connectivity index (χ0) is 18.3. The van der Waals surface area contributed by atoms with Gasteiger partial charge in [0, 0.05) is 10.2 Å². The maximum absolute atomic E-state index is 13.4. The van der Waals surface area contributed by atoms with Crippen molar-refractivity contribution < 1.29 is 18.3 Å². The van der Waals surface area contributed by atoms with Gasteiger partial charge in [-0.05, 0) is 55.8 Å². The van der Waals surface area contributed by atoms with Crippen molar-refractivity contribution in [3.05, 3.63) is 58.6 Å². The lowest BCUT2D eigenvalue weighted by Crippen LogP contribution is -2.15. The fourth-order valence-corrected chi connectivity index (χ4v) is 4.58. The zero-order valence-corrected chi connectivity index (χ0v) is 17.0. The van der Waals surface area contributed by atoms with Crippen LogP contribution in [-0.4, -0.2) is 20.3 Å². The number of ether oxygens (including phenoxy) is 1. The first-order valence-corrected chi connectivity index (χ1v) is 10.5. The van der Waals surface area contributed by atoms with E-state index in [0.29, 0.717) is 13.2 Å². The molecule has 0 aromatic heterocycles. The Kier molecular flexibility index (Phi) is 7.51. The Bertz CT molecular complexity index is 696. The van der Waals surface area contributed by atoms with Gasteiger partial charge >= 0.3 is 7.60 Å². The van der Waals surface area contributed by atoms with Crippen LogP contribution >= 0.6 is 23.5 Å². The van der Waals surface area contributed by atoms with Gasteiger partial charge in [0.2, 0.25) is 0 Å². The zero-order valence-electron chi connectivity index (χ0n) is 14.6. The van der Waals surface area contributed by atoms with Crippen LogP contribution in [0, 0.1) is 0 Å². The molecule has 136 valence electrons. The molecule has 25 heavy (non-hydrogen) atoms. The molecule has 0 aliphatic carbocycles. The summed E-state index contributed by atoms with van der Waals surface area (Å²) in [6.45, 7) is 4.21. The molecule has 2 aromatic rings. The van der Waals surface area contributed by atoms with Crippen molar-refractivity contribution in [3.8, 4) is 5.75 Å². The molecule has 2 rings (SSSR count). The number of halogens is 1. The van der Waals surface area contributed by atoms with Crippen LogP contribution in [0.15, 0.2) is 53.0 Å². The standard InChI is InChI=1S/C18H23BrNO4P/c1-4-23-25(21,24-5-2)18(14-6-8-15(19)9-7-14)20-16-10-12-17(22-3)13-11-16/h6-13,18,20H,4-5H2,1-3H3. The van der Waals surface area contributed by atoms with Gasteiger partial charge in [-0.15, -0.1) is 0 Å². The monoisotopic (exact) mass is 427 g/mol. The number of anilines is 1. The van der Waals surface area contributed by atoms with Gasteiger partial charge in [0.25, 0.3) is 0 Å². The Hall–Kier alpha value is -1.33. The maximum atomic E-state index is 13.4. The minimum atomic E-state index is -3.41. The predicted molar refractivity (Wildman–Crippen MR) is 104 cm³/mol.